The van der Waals surface area contributed by atoms with E-state index in [0.29, 0.717) is 11.8 Å². The molecule has 23 heavy (non-hydrogen) atoms. The molecule has 2 N–H and O–H groups in total. The lowest BCUT2D eigenvalue weighted by atomic mass is 9.78. The molecular weight excluding hydrogens is 361 g/mol. The monoisotopic (exact) mass is 369 g/mol. The average molecular weight is 371 g/mol. The van der Waals surface area contributed by atoms with Crippen LogP contribution in [0.15, 0.2) is 36.4 Å². The Morgan fingerprint density at radius 3 is 2.35 bits per heavy atom. The van der Waals surface area contributed by atoms with Crippen LogP contribution in [-0.2, 0) is 15.2 Å². The molecule has 2 unspecified atom stereocenters. The zero-order chi connectivity index (χ0) is 16.8. The largest absolute Gasteiger partial charge is 0.374 e. The quantitative estimate of drug-likeness (QED) is 0.808. The van der Waals surface area contributed by atoms with Gasteiger partial charge in [0, 0.05) is 15.6 Å². The Kier molecular flexibility index (Phi) is 4.10. The zero-order valence-electron chi connectivity index (χ0n) is 11.5. The lowest BCUT2D eigenvalue weighted by Crippen LogP contribution is -2.41. The van der Waals surface area contributed by atoms with Gasteiger partial charge in [-0.2, -0.15) is 0 Å². The highest BCUT2D eigenvalue weighted by Crippen LogP contribution is 2.50. The minimum Gasteiger partial charge on any atom is -0.374 e. The van der Waals surface area contributed by atoms with Crippen molar-refractivity contribution in [3.8, 4) is 0 Å². The van der Waals surface area contributed by atoms with Gasteiger partial charge in [0.1, 0.15) is 6.29 Å². The Hall–Kier alpha value is -1.59. The minimum atomic E-state index is -2.19. The summed E-state index contributed by atoms with van der Waals surface area (Å²) in [5.41, 5.74) is -1.59. The van der Waals surface area contributed by atoms with Crippen LogP contribution in [0, 0.1) is 0 Å². The molecule has 2 atom stereocenters. The molecule has 1 aliphatic rings. The van der Waals surface area contributed by atoms with Crippen molar-refractivity contribution < 1.29 is 14.7 Å². The summed E-state index contributed by atoms with van der Waals surface area (Å²) >= 11 is 18.3. The molecule has 4 nitrogen and oxygen atoms in total. The molecule has 3 rings (SSSR count). The summed E-state index contributed by atoms with van der Waals surface area (Å²) < 4.78 is 0. The Morgan fingerprint density at radius 2 is 1.70 bits per heavy atom. The first kappa shape index (κ1) is 16.3. The van der Waals surface area contributed by atoms with E-state index in [1.54, 1.807) is 24.3 Å². The number of benzene rings is 2. The number of aliphatic hydroxyl groups is 1. The molecule has 1 aliphatic heterocycles. The van der Waals surface area contributed by atoms with Gasteiger partial charge in [-0.25, -0.2) is 0 Å². The first-order valence-corrected chi connectivity index (χ1v) is 7.76. The Bertz CT molecular complexity index is 824. The lowest BCUT2D eigenvalue weighted by molar-refractivity contribution is -0.139. The molecule has 0 spiro atoms. The van der Waals surface area contributed by atoms with E-state index in [2.05, 4.69) is 5.32 Å². The maximum absolute atomic E-state index is 12.5. The number of aldehydes is 1. The van der Waals surface area contributed by atoms with Gasteiger partial charge in [0.2, 0.25) is 0 Å². The summed E-state index contributed by atoms with van der Waals surface area (Å²) in [6.07, 6.45) is 0.479. The molecule has 0 aromatic heterocycles. The third-order valence-electron chi connectivity index (χ3n) is 3.90. The smallest absolute Gasteiger partial charge is 0.262 e. The molecule has 1 amide bonds. The van der Waals surface area contributed by atoms with Crippen molar-refractivity contribution in [2.45, 2.75) is 11.5 Å². The number of hydrogen-bond acceptors (Lipinski definition) is 3. The van der Waals surface area contributed by atoms with Crippen molar-refractivity contribution in [1.29, 1.82) is 0 Å². The predicted octanol–water partition coefficient (Wildman–Crippen LogP) is 3.77. The molecule has 1 heterocycles. The van der Waals surface area contributed by atoms with Crippen LogP contribution in [0.5, 0.6) is 0 Å². The van der Waals surface area contributed by atoms with Gasteiger partial charge in [-0.3, -0.25) is 4.79 Å². The van der Waals surface area contributed by atoms with Crippen molar-refractivity contribution in [3.05, 3.63) is 62.6 Å². The highest BCUT2D eigenvalue weighted by molar-refractivity contribution is 6.38. The first-order valence-electron chi connectivity index (χ1n) is 6.63. The molecule has 0 saturated carbocycles. The minimum absolute atomic E-state index is 0.0775. The normalized spacial score (nSPS) is 20.8. The van der Waals surface area contributed by atoms with Gasteiger partial charge in [-0.05, 0) is 23.8 Å². The van der Waals surface area contributed by atoms with Gasteiger partial charge in [0.05, 0.1) is 16.6 Å². The predicted molar refractivity (Wildman–Crippen MR) is 89.2 cm³/mol. The fourth-order valence-electron chi connectivity index (χ4n) is 2.79. The van der Waals surface area contributed by atoms with Crippen LogP contribution in [-0.4, -0.2) is 17.3 Å². The average Bonchev–Trinajstić information content (AvgIpc) is 2.80. The van der Waals surface area contributed by atoms with Crippen LogP contribution in [0.1, 0.15) is 17.0 Å². The highest BCUT2D eigenvalue weighted by Gasteiger charge is 2.54. The first-order chi connectivity index (χ1) is 10.9. The Balaban J connectivity index is 2.27. The lowest BCUT2D eigenvalue weighted by Gasteiger charge is -2.28. The van der Waals surface area contributed by atoms with E-state index in [9.17, 15) is 14.7 Å². The van der Waals surface area contributed by atoms with Gasteiger partial charge in [-0.15, -0.1) is 0 Å². The number of nitrogens with one attached hydrogen (secondary N) is 1. The van der Waals surface area contributed by atoms with Crippen molar-refractivity contribution in [2.75, 3.05) is 5.32 Å². The second kappa shape index (κ2) is 5.80. The van der Waals surface area contributed by atoms with Gasteiger partial charge in [0.15, 0.2) is 5.60 Å². The highest BCUT2D eigenvalue weighted by atomic mass is 35.5. The summed E-state index contributed by atoms with van der Waals surface area (Å²) in [6.45, 7) is 0. The fourth-order valence-corrected chi connectivity index (χ4v) is 3.55. The number of hydrogen-bond donors (Lipinski definition) is 2. The van der Waals surface area contributed by atoms with Crippen LogP contribution in [0.3, 0.4) is 0 Å². The molecule has 0 radical (unpaired) electrons. The zero-order valence-corrected chi connectivity index (χ0v) is 13.8. The second-order valence-electron chi connectivity index (χ2n) is 5.13. The SMILES string of the molecule is O=CC(c1ccccc1Cl)C1(O)C(=O)Nc2c(Cl)ccc(Cl)c21. The van der Waals surface area contributed by atoms with E-state index in [4.69, 9.17) is 34.8 Å². The van der Waals surface area contributed by atoms with Crippen molar-refractivity contribution in [3.63, 3.8) is 0 Å². The molecule has 7 heteroatoms. The summed E-state index contributed by atoms with van der Waals surface area (Å²) in [7, 11) is 0. The van der Waals surface area contributed by atoms with Crippen LogP contribution < -0.4 is 5.32 Å². The van der Waals surface area contributed by atoms with E-state index in [-0.39, 0.29) is 26.3 Å². The molecule has 0 aliphatic carbocycles. The van der Waals surface area contributed by atoms with Crippen LogP contribution >= 0.6 is 34.8 Å². The van der Waals surface area contributed by atoms with E-state index in [1.807, 2.05) is 0 Å². The van der Waals surface area contributed by atoms with E-state index < -0.39 is 17.4 Å². The summed E-state index contributed by atoms with van der Waals surface area (Å²) in [5.74, 6) is -2.01. The van der Waals surface area contributed by atoms with E-state index >= 15 is 0 Å². The van der Waals surface area contributed by atoms with Crippen molar-refractivity contribution >= 4 is 52.7 Å². The number of fused-ring (bicyclic) bond motifs is 1. The standard InChI is InChI=1S/C16H10Cl3NO3/c17-10-4-2-1-3-8(10)9(7-21)16(23)13-11(18)5-6-12(19)14(13)20-15(16)22/h1-7,9,23H,(H,20,22). The van der Waals surface area contributed by atoms with Gasteiger partial charge >= 0.3 is 0 Å². The summed E-state index contributed by atoms with van der Waals surface area (Å²) in [4.78, 5) is 24.2. The van der Waals surface area contributed by atoms with Crippen LogP contribution in [0.2, 0.25) is 15.1 Å². The number of anilines is 1. The van der Waals surface area contributed by atoms with E-state index in [0.717, 1.165) is 0 Å². The maximum atomic E-state index is 12.5. The Labute approximate surface area is 147 Å². The van der Waals surface area contributed by atoms with Gasteiger partial charge in [-0.1, -0.05) is 53.0 Å². The number of rotatable bonds is 3. The fraction of sp³-hybridized carbons (Fsp3) is 0.125. The maximum Gasteiger partial charge on any atom is 0.262 e. The van der Waals surface area contributed by atoms with Crippen LogP contribution in [0.25, 0.3) is 0 Å². The molecular formula is C16H10Cl3NO3. The number of carbonyl (C=O) groups is 2. The second-order valence-corrected chi connectivity index (χ2v) is 6.36. The molecule has 118 valence electrons. The Morgan fingerprint density at radius 1 is 1.04 bits per heavy atom. The van der Waals surface area contributed by atoms with Crippen LogP contribution in [0.4, 0.5) is 5.69 Å². The number of halogens is 3. The van der Waals surface area contributed by atoms with Crippen molar-refractivity contribution in [2.24, 2.45) is 0 Å². The van der Waals surface area contributed by atoms with Gasteiger partial charge in [0.25, 0.3) is 5.91 Å². The number of carbonyl (C=O) groups excluding carboxylic acids is 2. The summed E-state index contributed by atoms with van der Waals surface area (Å²) in [5, 5.41) is 14.2. The molecule has 0 fully saturated rings. The van der Waals surface area contributed by atoms with Crippen molar-refractivity contribution in [1.82, 2.24) is 0 Å². The van der Waals surface area contributed by atoms with Gasteiger partial charge < -0.3 is 15.2 Å². The summed E-state index contributed by atoms with van der Waals surface area (Å²) in [6, 6.07) is 9.45. The topological polar surface area (TPSA) is 66.4 Å². The number of amides is 1. The molecule has 2 aromatic rings. The molecule has 0 bridgehead atoms. The van der Waals surface area contributed by atoms with E-state index in [1.165, 1.54) is 12.1 Å². The third kappa shape index (κ3) is 2.34. The molecule has 2 aromatic carbocycles. The molecule has 0 saturated heterocycles. The third-order valence-corrected chi connectivity index (χ3v) is 4.87.